The Hall–Kier alpha value is -1.91. The molecule has 2 fully saturated rings. The molecule has 2 rings (SSSR count). The number of carbonyl (C=O) groups excluding carboxylic acids is 1. The Morgan fingerprint density at radius 1 is 1.53 bits per heavy atom. The van der Waals surface area contributed by atoms with E-state index in [0.717, 1.165) is 12.8 Å². The molecule has 0 aliphatic carbocycles. The number of esters is 1. The molecule has 0 aromatic carbocycles. The van der Waals surface area contributed by atoms with E-state index in [1.165, 1.54) is 6.92 Å². The van der Waals surface area contributed by atoms with Crippen molar-refractivity contribution in [2.75, 3.05) is 6.61 Å². The van der Waals surface area contributed by atoms with Crippen LogP contribution in [0.4, 0.5) is 0 Å². The van der Waals surface area contributed by atoms with Crippen molar-refractivity contribution < 1.29 is 19.0 Å². The summed E-state index contributed by atoms with van der Waals surface area (Å²) in [6.07, 6.45) is 3.48. The van der Waals surface area contributed by atoms with Crippen molar-refractivity contribution in [1.82, 2.24) is 0 Å². The second-order valence-electron chi connectivity index (χ2n) is 4.46. The second-order valence-corrected chi connectivity index (χ2v) is 4.46. The van der Waals surface area contributed by atoms with Gasteiger partial charge in [0.15, 0.2) is 6.10 Å². The number of hydrogen-bond donors (Lipinski definition) is 0. The van der Waals surface area contributed by atoms with Gasteiger partial charge in [-0.2, -0.15) is 0 Å². The SMILES string of the molecule is CC#CC#CC=C1O[C@]2(CCCO2)C[C@H]1OC(C)=O. The van der Waals surface area contributed by atoms with Gasteiger partial charge in [0.2, 0.25) is 5.79 Å². The van der Waals surface area contributed by atoms with E-state index in [0.29, 0.717) is 18.8 Å². The molecule has 0 aromatic rings. The van der Waals surface area contributed by atoms with Crippen LogP contribution in [0.2, 0.25) is 0 Å². The Morgan fingerprint density at radius 2 is 2.37 bits per heavy atom. The van der Waals surface area contributed by atoms with Gasteiger partial charge in [0, 0.05) is 19.4 Å². The van der Waals surface area contributed by atoms with Crippen molar-refractivity contribution in [3.8, 4) is 23.7 Å². The van der Waals surface area contributed by atoms with Crippen molar-refractivity contribution in [2.24, 2.45) is 0 Å². The highest BCUT2D eigenvalue weighted by atomic mass is 16.7. The lowest BCUT2D eigenvalue weighted by molar-refractivity contribution is -0.163. The second kappa shape index (κ2) is 5.82. The van der Waals surface area contributed by atoms with Crippen LogP contribution in [0.5, 0.6) is 0 Å². The van der Waals surface area contributed by atoms with Gasteiger partial charge in [-0.1, -0.05) is 11.8 Å². The van der Waals surface area contributed by atoms with Gasteiger partial charge in [-0.15, -0.1) is 0 Å². The minimum Gasteiger partial charge on any atom is -0.462 e. The summed E-state index contributed by atoms with van der Waals surface area (Å²) in [4.78, 5) is 11.1. The van der Waals surface area contributed by atoms with E-state index < -0.39 is 11.9 Å². The summed E-state index contributed by atoms with van der Waals surface area (Å²) in [6, 6.07) is 0. The molecule has 0 N–H and O–H groups in total. The van der Waals surface area contributed by atoms with E-state index in [9.17, 15) is 4.79 Å². The molecule has 4 nitrogen and oxygen atoms in total. The quantitative estimate of drug-likeness (QED) is 0.532. The van der Waals surface area contributed by atoms with Crippen molar-refractivity contribution in [3.05, 3.63) is 11.8 Å². The van der Waals surface area contributed by atoms with Crippen LogP contribution in [0.15, 0.2) is 11.8 Å². The smallest absolute Gasteiger partial charge is 0.303 e. The molecule has 0 bridgehead atoms. The maximum Gasteiger partial charge on any atom is 0.303 e. The zero-order valence-electron chi connectivity index (χ0n) is 11.1. The van der Waals surface area contributed by atoms with Crippen molar-refractivity contribution in [3.63, 3.8) is 0 Å². The van der Waals surface area contributed by atoms with E-state index in [4.69, 9.17) is 14.2 Å². The number of ether oxygens (including phenoxy) is 3. The molecule has 2 saturated heterocycles. The van der Waals surface area contributed by atoms with E-state index >= 15 is 0 Å². The predicted molar refractivity (Wildman–Crippen MR) is 68.5 cm³/mol. The van der Waals surface area contributed by atoms with Crippen LogP contribution < -0.4 is 0 Å². The minimum atomic E-state index is -0.635. The minimum absolute atomic E-state index is 0.337. The third-order valence-electron chi connectivity index (χ3n) is 2.97. The molecule has 0 saturated carbocycles. The molecule has 0 unspecified atom stereocenters. The monoisotopic (exact) mass is 260 g/mol. The molecule has 19 heavy (non-hydrogen) atoms. The molecule has 4 heteroatoms. The molecule has 2 heterocycles. The Labute approximate surface area is 113 Å². The van der Waals surface area contributed by atoms with Crippen LogP contribution in [-0.4, -0.2) is 24.5 Å². The van der Waals surface area contributed by atoms with Crippen molar-refractivity contribution in [2.45, 2.75) is 45.0 Å². The zero-order valence-corrected chi connectivity index (χ0v) is 11.1. The molecule has 2 aliphatic heterocycles. The first kappa shape index (κ1) is 13.5. The van der Waals surface area contributed by atoms with E-state index in [1.54, 1.807) is 13.0 Å². The number of carbonyl (C=O) groups is 1. The average Bonchev–Trinajstić information content (AvgIpc) is 2.93. The van der Waals surface area contributed by atoms with Crippen LogP contribution in [0.3, 0.4) is 0 Å². The number of allylic oxidation sites excluding steroid dienone is 1. The van der Waals surface area contributed by atoms with Crippen molar-refractivity contribution >= 4 is 5.97 Å². The van der Waals surface area contributed by atoms with Crippen molar-refractivity contribution in [1.29, 1.82) is 0 Å². The third-order valence-corrected chi connectivity index (χ3v) is 2.97. The summed E-state index contributed by atoms with van der Waals surface area (Å²) in [5.41, 5.74) is 0. The lowest BCUT2D eigenvalue weighted by atomic mass is 10.1. The van der Waals surface area contributed by atoms with E-state index in [-0.39, 0.29) is 5.97 Å². The Morgan fingerprint density at radius 3 is 3.00 bits per heavy atom. The van der Waals surface area contributed by atoms with E-state index in [2.05, 4.69) is 23.7 Å². The van der Waals surface area contributed by atoms with Crippen LogP contribution in [0.1, 0.15) is 33.1 Å². The average molecular weight is 260 g/mol. The van der Waals surface area contributed by atoms with Crippen LogP contribution in [0, 0.1) is 23.7 Å². The highest BCUT2D eigenvalue weighted by Gasteiger charge is 2.49. The van der Waals surface area contributed by atoms with Gasteiger partial charge in [0.1, 0.15) is 5.76 Å². The zero-order chi connectivity index (χ0) is 13.7. The first-order valence-corrected chi connectivity index (χ1v) is 6.28. The molecule has 0 amide bonds. The number of rotatable bonds is 1. The summed E-state index contributed by atoms with van der Waals surface area (Å²) in [5.74, 6) is 10.3. The van der Waals surface area contributed by atoms with Crippen LogP contribution in [0.25, 0.3) is 0 Å². The highest BCUT2D eigenvalue weighted by molar-refractivity contribution is 5.66. The van der Waals surface area contributed by atoms with E-state index in [1.807, 2.05) is 0 Å². The fraction of sp³-hybridized carbons (Fsp3) is 0.533. The van der Waals surface area contributed by atoms with Gasteiger partial charge in [-0.3, -0.25) is 4.79 Å². The summed E-state index contributed by atoms with van der Waals surface area (Å²) in [6.45, 7) is 3.77. The third kappa shape index (κ3) is 3.30. The normalized spacial score (nSPS) is 30.2. The fourth-order valence-electron chi connectivity index (χ4n) is 2.25. The lowest BCUT2D eigenvalue weighted by Crippen LogP contribution is -2.27. The molecular formula is C15H16O4. The molecule has 0 radical (unpaired) electrons. The first-order chi connectivity index (χ1) is 9.15. The Bertz CT molecular complexity index is 504. The predicted octanol–water partition coefficient (Wildman–Crippen LogP) is 1.76. The van der Waals surface area contributed by atoms with Gasteiger partial charge >= 0.3 is 5.97 Å². The van der Waals surface area contributed by atoms with Gasteiger partial charge in [-0.05, 0) is 25.2 Å². The topological polar surface area (TPSA) is 44.8 Å². The molecule has 1 spiro atoms. The summed E-state index contributed by atoms with van der Waals surface area (Å²) < 4.78 is 16.7. The molecule has 100 valence electrons. The first-order valence-electron chi connectivity index (χ1n) is 6.28. The summed E-state index contributed by atoms with van der Waals surface area (Å²) >= 11 is 0. The largest absolute Gasteiger partial charge is 0.462 e. The standard InChI is InChI=1S/C15H16O4/c1-3-4-5-6-8-13-14(18-12(2)16)11-15(19-13)9-7-10-17-15/h8,14H,7,9-11H2,1-2H3/t14-,15-/m1/s1. The molecule has 2 atom stereocenters. The Balaban J connectivity index is 2.15. The summed E-state index contributed by atoms with van der Waals surface area (Å²) in [5, 5.41) is 0. The van der Waals surface area contributed by atoms with Crippen LogP contribution in [-0.2, 0) is 19.0 Å². The van der Waals surface area contributed by atoms with Crippen LogP contribution >= 0.6 is 0 Å². The highest BCUT2D eigenvalue weighted by Crippen LogP contribution is 2.42. The maximum atomic E-state index is 11.1. The molecular weight excluding hydrogens is 244 g/mol. The van der Waals surface area contributed by atoms with Gasteiger partial charge in [-0.25, -0.2) is 0 Å². The Kier molecular flexibility index (Phi) is 4.14. The maximum absolute atomic E-state index is 11.1. The number of hydrogen-bond acceptors (Lipinski definition) is 4. The fourth-order valence-corrected chi connectivity index (χ4v) is 2.25. The van der Waals surface area contributed by atoms with Gasteiger partial charge in [0.05, 0.1) is 13.0 Å². The van der Waals surface area contributed by atoms with Gasteiger partial charge < -0.3 is 14.2 Å². The summed E-state index contributed by atoms with van der Waals surface area (Å²) in [7, 11) is 0. The lowest BCUT2D eigenvalue weighted by Gasteiger charge is -2.20. The van der Waals surface area contributed by atoms with Gasteiger partial charge in [0.25, 0.3) is 0 Å². The molecule has 2 aliphatic rings. The molecule has 0 aromatic heterocycles.